The van der Waals surface area contributed by atoms with E-state index in [1.54, 1.807) is 26.2 Å². The normalized spacial score (nSPS) is 12.5. The van der Waals surface area contributed by atoms with Gasteiger partial charge >= 0.3 is 0 Å². The summed E-state index contributed by atoms with van der Waals surface area (Å²) in [6.45, 7) is 5.87. The van der Waals surface area contributed by atoms with Crippen molar-refractivity contribution in [1.82, 2.24) is 14.7 Å². The van der Waals surface area contributed by atoms with Gasteiger partial charge in [-0.2, -0.15) is 0 Å². The maximum Gasteiger partial charge on any atom is 0.209 e. The number of anilines is 1. The second kappa shape index (κ2) is 4.97. The molecule has 0 fully saturated rings. The van der Waals surface area contributed by atoms with Crippen molar-refractivity contribution in [3.63, 3.8) is 0 Å². The summed E-state index contributed by atoms with van der Waals surface area (Å²) in [4.78, 5) is 8.22. The van der Waals surface area contributed by atoms with E-state index >= 15 is 0 Å². The molecule has 1 aromatic heterocycles. The van der Waals surface area contributed by atoms with Crippen molar-refractivity contribution in [2.75, 3.05) is 18.1 Å². The fourth-order valence-corrected chi connectivity index (χ4v) is 2.50. The summed E-state index contributed by atoms with van der Waals surface area (Å²) in [5.74, 6) is 0.663. The van der Waals surface area contributed by atoms with Gasteiger partial charge < -0.3 is 5.32 Å². The minimum absolute atomic E-state index is 0.430. The van der Waals surface area contributed by atoms with Crippen LogP contribution in [-0.2, 0) is 10.0 Å². The monoisotopic (exact) mass is 258 g/mol. The van der Waals surface area contributed by atoms with Crippen molar-refractivity contribution >= 4 is 15.8 Å². The van der Waals surface area contributed by atoms with Crippen LogP contribution in [0.3, 0.4) is 0 Å². The van der Waals surface area contributed by atoms with Gasteiger partial charge in [-0.3, -0.25) is 4.98 Å². The van der Waals surface area contributed by atoms with Crippen molar-refractivity contribution in [3.05, 3.63) is 18.1 Å². The molecule has 1 aromatic rings. The number of nitrogens with zero attached hydrogens (tertiary/aromatic N) is 2. The fraction of sp³-hybridized carbons (Fsp3) is 0.600. The van der Waals surface area contributed by atoms with Gasteiger partial charge in [-0.1, -0.05) is 0 Å². The molecule has 0 aliphatic carbocycles. The Kier molecular flexibility index (Phi) is 4.05. The molecule has 0 saturated carbocycles. The van der Waals surface area contributed by atoms with Crippen LogP contribution in [0.5, 0.6) is 0 Å². The summed E-state index contributed by atoms with van der Waals surface area (Å²) in [6.07, 6.45) is 4.34. The average Bonchev–Trinajstić information content (AvgIpc) is 2.13. The molecule has 0 saturated heterocycles. The highest BCUT2D eigenvalue weighted by Gasteiger charge is 2.22. The van der Waals surface area contributed by atoms with Crippen LogP contribution in [-0.4, -0.2) is 36.7 Å². The molecule has 1 rings (SSSR count). The molecule has 0 unspecified atom stereocenters. The van der Waals surface area contributed by atoms with Gasteiger partial charge in [0.25, 0.3) is 0 Å². The average molecular weight is 258 g/mol. The Morgan fingerprint density at radius 1 is 1.29 bits per heavy atom. The molecule has 0 amide bonds. The Hall–Kier alpha value is -1.21. The van der Waals surface area contributed by atoms with E-state index in [1.807, 2.05) is 6.92 Å². The lowest BCUT2D eigenvalue weighted by Gasteiger charge is -2.25. The lowest BCUT2D eigenvalue weighted by atomic mass is 10.1. The number of aromatic nitrogens is 2. The van der Waals surface area contributed by atoms with Crippen molar-refractivity contribution in [1.29, 1.82) is 0 Å². The largest absolute Gasteiger partial charge is 0.367 e. The number of nitrogens with one attached hydrogen (secondary N) is 2. The van der Waals surface area contributed by atoms with Crippen LogP contribution < -0.4 is 10.0 Å². The van der Waals surface area contributed by atoms with Crippen molar-refractivity contribution in [2.24, 2.45) is 0 Å². The quantitative estimate of drug-likeness (QED) is 0.804. The number of rotatable bonds is 5. The van der Waals surface area contributed by atoms with E-state index in [0.717, 1.165) is 11.9 Å². The van der Waals surface area contributed by atoms with E-state index in [0.29, 0.717) is 12.4 Å². The van der Waals surface area contributed by atoms with Crippen LogP contribution in [0.4, 0.5) is 5.82 Å². The first kappa shape index (κ1) is 13.9. The first-order chi connectivity index (χ1) is 7.70. The number of hydrogen-bond donors (Lipinski definition) is 2. The highest BCUT2D eigenvalue weighted by atomic mass is 32.2. The van der Waals surface area contributed by atoms with Gasteiger partial charge in [0.15, 0.2) is 0 Å². The number of hydrogen-bond acceptors (Lipinski definition) is 5. The molecule has 0 atom stereocenters. The number of aryl methyl sites for hydroxylation is 1. The molecule has 0 bridgehead atoms. The zero-order chi connectivity index (χ0) is 13.1. The molecule has 6 nitrogen and oxygen atoms in total. The van der Waals surface area contributed by atoms with Crippen LogP contribution in [0.25, 0.3) is 0 Å². The highest BCUT2D eigenvalue weighted by Crippen LogP contribution is 2.09. The minimum atomic E-state index is -3.22. The molecule has 0 aliphatic rings. The van der Waals surface area contributed by atoms with Gasteiger partial charge in [0, 0.05) is 24.5 Å². The standard InChI is InChI=1S/C10H18N4O2S/c1-8-9(12-6-5-11-8)13-7-10(2,3)14-17(4,15)16/h5-6,14H,7H2,1-4H3,(H,12,13). The van der Waals surface area contributed by atoms with Crippen LogP contribution in [0.1, 0.15) is 19.5 Å². The molecule has 17 heavy (non-hydrogen) atoms. The van der Waals surface area contributed by atoms with Crippen LogP contribution in [0, 0.1) is 6.92 Å². The predicted octanol–water partition coefficient (Wildman–Crippen LogP) is 0.525. The Bertz CT molecular complexity index is 485. The van der Waals surface area contributed by atoms with Crippen LogP contribution in [0.2, 0.25) is 0 Å². The minimum Gasteiger partial charge on any atom is -0.367 e. The van der Waals surface area contributed by atoms with E-state index in [2.05, 4.69) is 20.0 Å². The lowest BCUT2D eigenvalue weighted by Crippen LogP contribution is -2.47. The Morgan fingerprint density at radius 2 is 1.88 bits per heavy atom. The zero-order valence-corrected chi connectivity index (χ0v) is 11.3. The summed E-state index contributed by atoms with van der Waals surface area (Å²) < 4.78 is 24.9. The van der Waals surface area contributed by atoms with Gasteiger partial charge in [0.1, 0.15) is 5.82 Å². The molecule has 96 valence electrons. The molecule has 0 aromatic carbocycles. The maximum absolute atomic E-state index is 11.2. The van der Waals surface area contributed by atoms with Crippen molar-refractivity contribution in [3.8, 4) is 0 Å². The lowest BCUT2D eigenvalue weighted by molar-refractivity contribution is 0.475. The van der Waals surface area contributed by atoms with Gasteiger partial charge in [-0.15, -0.1) is 0 Å². The second-order valence-corrected chi connectivity index (χ2v) is 6.35. The van der Waals surface area contributed by atoms with Gasteiger partial charge in [0.2, 0.25) is 10.0 Å². The van der Waals surface area contributed by atoms with Gasteiger partial charge in [-0.05, 0) is 20.8 Å². The molecule has 0 aliphatic heterocycles. The SMILES string of the molecule is Cc1nccnc1NCC(C)(C)NS(C)(=O)=O. The van der Waals surface area contributed by atoms with E-state index in [4.69, 9.17) is 0 Å². The van der Waals surface area contributed by atoms with Gasteiger partial charge in [-0.25, -0.2) is 18.1 Å². The molecule has 1 heterocycles. The Balaban J connectivity index is 2.65. The molecule has 0 radical (unpaired) electrons. The predicted molar refractivity (Wildman–Crippen MR) is 67.3 cm³/mol. The Morgan fingerprint density at radius 3 is 2.41 bits per heavy atom. The summed E-state index contributed by atoms with van der Waals surface area (Å²) in [5, 5.41) is 3.08. The first-order valence-corrected chi connectivity index (χ1v) is 7.09. The third-order valence-corrected chi connectivity index (χ3v) is 2.96. The third-order valence-electron chi connectivity index (χ3n) is 2.04. The second-order valence-electron chi connectivity index (χ2n) is 4.60. The summed E-state index contributed by atoms with van der Waals surface area (Å²) in [6, 6.07) is 0. The first-order valence-electron chi connectivity index (χ1n) is 5.20. The summed E-state index contributed by atoms with van der Waals surface area (Å²) in [5.41, 5.74) is 0.194. The van der Waals surface area contributed by atoms with E-state index in [1.165, 1.54) is 0 Å². The molecular weight excluding hydrogens is 240 g/mol. The smallest absolute Gasteiger partial charge is 0.209 e. The molecule has 0 spiro atoms. The Labute approximate surface area is 102 Å². The van der Waals surface area contributed by atoms with Crippen molar-refractivity contribution < 1.29 is 8.42 Å². The maximum atomic E-state index is 11.2. The van der Waals surface area contributed by atoms with Crippen LogP contribution >= 0.6 is 0 Å². The van der Waals surface area contributed by atoms with E-state index < -0.39 is 15.6 Å². The molecule has 2 N–H and O–H groups in total. The van der Waals surface area contributed by atoms with Crippen LogP contribution in [0.15, 0.2) is 12.4 Å². The topological polar surface area (TPSA) is 84.0 Å². The molecule has 7 heteroatoms. The van der Waals surface area contributed by atoms with Crippen molar-refractivity contribution in [2.45, 2.75) is 26.3 Å². The fourth-order valence-electron chi connectivity index (χ4n) is 1.42. The summed E-state index contributed by atoms with van der Waals surface area (Å²) in [7, 11) is -3.22. The molecular formula is C10H18N4O2S. The van der Waals surface area contributed by atoms with E-state index in [-0.39, 0.29) is 0 Å². The van der Waals surface area contributed by atoms with Gasteiger partial charge in [0.05, 0.1) is 11.9 Å². The number of sulfonamides is 1. The highest BCUT2D eigenvalue weighted by molar-refractivity contribution is 7.88. The van der Waals surface area contributed by atoms with E-state index in [9.17, 15) is 8.42 Å². The third kappa shape index (κ3) is 5.10. The zero-order valence-electron chi connectivity index (χ0n) is 10.5. The summed E-state index contributed by atoms with van der Waals surface area (Å²) >= 11 is 0.